The molecule has 1 atom stereocenters. The van der Waals surface area contributed by atoms with Crippen LogP contribution >= 0.6 is 15.9 Å². The molecule has 0 bridgehead atoms. The zero-order valence-electron chi connectivity index (χ0n) is 20.1. The van der Waals surface area contributed by atoms with Gasteiger partial charge in [0.15, 0.2) is 5.43 Å². The number of carbonyl (C=O) groups excluding carboxylic acids is 1. The van der Waals surface area contributed by atoms with Crippen LogP contribution in [0.2, 0.25) is 0 Å². The van der Waals surface area contributed by atoms with Crippen molar-refractivity contribution in [2.45, 2.75) is 52.0 Å². The summed E-state index contributed by atoms with van der Waals surface area (Å²) < 4.78 is 6.95. The van der Waals surface area contributed by atoms with E-state index in [9.17, 15) is 9.59 Å². The van der Waals surface area contributed by atoms with Crippen LogP contribution in [0.3, 0.4) is 0 Å². The highest BCUT2D eigenvalue weighted by Crippen LogP contribution is 2.38. The molecule has 0 saturated heterocycles. The van der Waals surface area contributed by atoms with E-state index in [4.69, 9.17) is 4.42 Å². The fourth-order valence-electron chi connectivity index (χ4n) is 4.78. The van der Waals surface area contributed by atoms with Gasteiger partial charge in [-0.3, -0.25) is 9.59 Å². The second-order valence-corrected chi connectivity index (χ2v) is 9.94. The highest BCUT2D eigenvalue weighted by atomic mass is 79.9. The number of halogens is 1. The molecule has 0 fully saturated rings. The molecule has 0 aliphatic carbocycles. The molecule has 180 valence electrons. The van der Waals surface area contributed by atoms with Gasteiger partial charge in [-0.15, -0.1) is 0 Å². The van der Waals surface area contributed by atoms with E-state index in [0.717, 1.165) is 36.1 Å². The van der Waals surface area contributed by atoms with E-state index in [1.165, 1.54) is 25.7 Å². The number of hydrogen-bond donors (Lipinski definition) is 0. The summed E-state index contributed by atoms with van der Waals surface area (Å²) in [5, 5.41) is 0.515. The average molecular weight is 525 g/mol. The monoisotopic (exact) mass is 524 g/mol. The molecule has 0 N–H and O–H groups in total. The Kier molecular flexibility index (Phi) is 8.22. The number of amides is 1. The molecule has 6 heteroatoms. The summed E-state index contributed by atoms with van der Waals surface area (Å²) >= 11 is 3.55. The summed E-state index contributed by atoms with van der Waals surface area (Å²) in [4.78, 5) is 31.4. The quantitative estimate of drug-likeness (QED) is 0.291. The molecule has 34 heavy (non-hydrogen) atoms. The molecule has 0 radical (unpaired) electrons. The summed E-state index contributed by atoms with van der Waals surface area (Å²) in [5.74, 6) is -0.0148. The minimum Gasteiger partial charge on any atom is -0.450 e. The van der Waals surface area contributed by atoms with Crippen LogP contribution in [-0.4, -0.2) is 41.9 Å². The molecule has 1 aliphatic rings. The summed E-state index contributed by atoms with van der Waals surface area (Å²) in [7, 11) is 0. The largest absolute Gasteiger partial charge is 0.450 e. The highest BCUT2D eigenvalue weighted by Gasteiger charge is 2.42. The van der Waals surface area contributed by atoms with E-state index in [1.807, 2.05) is 41.3 Å². The number of carbonyl (C=O) groups is 1. The summed E-state index contributed by atoms with van der Waals surface area (Å²) in [6, 6.07) is 14.6. The van der Waals surface area contributed by atoms with Crippen molar-refractivity contribution in [2.75, 3.05) is 26.2 Å². The van der Waals surface area contributed by atoms with Crippen LogP contribution in [0.1, 0.15) is 73.7 Å². The smallest absolute Gasteiger partial charge is 0.290 e. The topological polar surface area (TPSA) is 53.8 Å². The average Bonchev–Trinajstić information content (AvgIpc) is 3.12. The van der Waals surface area contributed by atoms with E-state index in [0.29, 0.717) is 23.1 Å². The summed E-state index contributed by atoms with van der Waals surface area (Å²) in [5.41, 5.74) is 1.71. The number of para-hydroxylation sites is 1. The first-order valence-electron chi connectivity index (χ1n) is 12.4. The van der Waals surface area contributed by atoms with E-state index in [1.54, 1.807) is 12.1 Å². The summed E-state index contributed by atoms with van der Waals surface area (Å²) in [6.45, 7) is 8.12. The van der Waals surface area contributed by atoms with Crippen molar-refractivity contribution in [3.05, 3.63) is 80.1 Å². The number of hydrogen-bond acceptors (Lipinski definition) is 4. The van der Waals surface area contributed by atoms with Crippen molar-refractivity contribution in [2.24, 2.45) is 0 Å². The number of unbranched alkanes of at least 4 members (excludes halogenated alkanes) is 2. The first-order valence-corrected chi connectivity index (χ1v) is 13.2. The van der Waals surface area contributed by atoms with Crippen LogP contribution in [0.5, 0.6) is 0 Å². The third kappa shape index (κ3) is 5.13. The van der Waals surface area contributed by atoms with E-state index >= 15 is 0 Å². The van der Waals surface area contributed by atoms with Gasteiger partial charge in [0.1, 0.15) is 5.58 Å². The molecule has 1 aromatic heterocycles. The lowest BCUT2D eigenvalue weighted by Gasteiger charge is -2.27. The Bertz CT molecular complexity index is 1200. The molecular weight excluding hydrogens is 492 g/mol. The second kappa shape index (κ2) is 11.3. The van der Waals surface area contributed by atoms with Crippen LogP contribution in [0.4, 0.5) is 0 Å². The molecule has 0 saturated carbocycles. The van der Waals surface area contributed by atoms with Crippen molar-refractivity contribution in [3.8, 4) is 0 Å². The van der Waals surface area contributed by atoms with Crippen LogP contribution < -0.4 is 5.43 Å². The molecule has 1 aliphatic heterocycles. The molecular formula is C28H33BrN2O3. The Balaban J connectivity index is 1.65. The zero-order chi connectivity index (χ0) is 24.1. The fraction of sp³-hybridized carbons (Fsp3) is 0.429. The Morgan fingerprint density at radius 2 is 1.65 bits per heavy atom. The Hall–Kier alpha value is -2.44. The first-order chi connectivity index (χ1) is 16.5. The maximum Gasteiger partial charge on any atom is 0.290 e. The van der Waals surface area contributed by atoms with E-state index in [2.05, 4.69) is 34.7 Å². The van der Waals surface area contributed by atoms with Crippen molar-refractivity contribution in [1.29, 1.82) is 0 Å². The maximum absolute atomic E-state index is 13.5. The Labute approximate surface area is 209 Å². The lowest BCUT2D eigenvalue weighted by molar-refractivity contribution is 0.0719. The Morgan fingerprint density at radius 3 is 2.35 bits per heavy atom. The molecule has 2 aromatic carbocycles. The minimum absolute atomic E-state index is 0.120. The van der Waals surface area contributed by atoms with Crippen molar-refractivity contribution < 1.29 is 9.21 Å². The van der Waals surface area contributed by atoms with Gasteiger partial charge in [0.2, 0.25) is 5.76 Å². The van der Waals surface area contributed by atoms with Gasteiger partial charge in [-0.25, -0.2) is 0 Å². The highest BCUT2D eigenvalue weighted by molar-refractivity contribution is 9.10. The van der Waals surface area contributed by atoms with Gasteiger partial charge in [-0.2, -0.15) is 0 Å². The Morgan fingerprint density at radius 1 is 0.941 bits per heavy atom. The van der Waals surface area contributed by atoms with Crippen LogP contribution in [0.15, 0.2) is 62.2 Å². The fourth-order valence-corrected chi connectivity index (χ4v) is 5.20. The van der Waals surface area contributed by atoms with Gasteiger partial charge >= 0.3 is 0 Å². The van der Waals surface area contributed by atoms with E-state index in [-0.39, 0.29) is 17.1 Å². The number of benzene rings is 2. The third-order valence-corrected chi connectivity index (χ3v) is 7.06. The lowest BCUT2D eigenvalue weighted by atomic mass is 9.98. The molecule has 1 unspecified atom stereocenters. The molecule has 2 heterocycles. The number of fused-ring (bicyclic) bond motifs is 2. The van der Waals surface area contributed by atoms with Crippen LogP contribution in [-0.2, 0) is 0 Å². The van der Waals surface area contributed by atoms with Crippen molar-refractivity contribution in [1.82, 2.24) is 9.80 Å². The molecule has 1 amide bonds. The van der Waals surface area contributed by atoms with Crippen molar-refractivity contribution >= 4 is 32.8 Å². The molecule has 4 rings (SSSR count). The number of nitrogens with zero attached hydrogens (tertiary/aromatic N) is 2. The summed E-state index contributed by atoms with van der Waals surface area (Å²) in [6.07, 6.45) is 5.57. The maximum atomic E-state index is 13.5. The lowest BCUT2D eigenvalue weighted by Crippen LogP contribution is -2.34. The van der Waals surface area contributed by atoms with Crippen LogP contribution in [0, 0.1) is 0 Å². The first kappa shape index (κ1) is 24.7. The second-order valence-electron chi connectivity index (χ2n) is 9.03. The standard InChI is InChI=1S/C28H33BrN2O3/c1-3-5-15-30(16-6-4-2)17-10-18-31-25(20-11-9-12-21(29)19-20)24-26(32)22-13-7-8-14-23(22)34-27(24)28(31)33/h7-9,11-14,19,25H,3-6,10,15-18H2,1-2H3. The normalized spacial score (nSPS) is 15.5. The zero-order valence-corrected chi connectivity index (χ0v) is 21.6. The van der Waals surface area contributed by atoms with Crippen molar-refractivity contribution in [3.63, 3.8) is 0 Å². The van der Waals surface area contributed by atoms with Gasteiger partial charge in [-0.1, -0.05) is 66.9 Å². The number of rotatable bonds is 11. The SMILES string of the molecule is CCCCN(CCCC)CCCN1C(=O)c2oc3ccccc3c(=O)c2C1c1cccc(Br)c1. The molecule has 0 spiro atoms. The van der Waals surface area contributed by atoms with Crippen LogP contribution in [0.25, 0.3) is 11.0 Å². The van der Waals surface area contributed by atoms with Gasteiger partial charge in [0, 0.05) is 11.0 Å². The molecule has 5 nitrogen and oxygen atoms in total. The van der Waals surface area contributed by atoms with Gasteiger partial charge in [0.05, 0.1) is 17.0 Å². The van der Waals surface area contributed by atoms with Gasteiger partial charge in [0.25, 0.3) is 5.91 Å². The third-order valence-electron chi connectivity index (χ3n) is 6.57. The minimum atomic E-state index is -0.444. The predicted molar refractivity (Wildman–Crippen MR) is 140 cm³/mol. The predicted octanol–water partition coefficient (Wildman–Crippen LogP) is 6.39. The molecule has 3 aromatic rings. The van der Waals surface area contributed by atoms with Gasteiger partial charge in [-0.05, 0) is 68.7 Å². The van der Waals surface area contributed by atoms with Gasteiger partial charge < -0.3 is 14.2 Å². The van der Waals surface area contributed by atoms with E-state index < -0.39 is 6.04 Å².